The molecular weight excluding hydrogens is 308 g/mol. The van der Waals surface area contributed by atoms with Crippen molar-refractivity contribution in [3.63, 3.8) is 0 Å². The monoisotopic (exact) mass is 330 g/mol. The Morgan fingerprint density at radius 3 is 2.71 bits per heavy atom. The number of rotatable bonds is 0. The Bertz CT molecular complexity index is 736. The molecule has 0 amide bonds. The zero-order valence-corrected chi connectivity index (χ0v) is 14.3. The molecule has 6 atom stereocenters. The van der Waals surface area contributed by atoms with Crippen LogP contribution in [0.3, 0.4) is 0 Å². The molecule has 6 aliphatic rings. The molecule has 3 saturated carbocycles. The maximum Gasteiger partial charge on any atom is 0.339 e. The first kappa shape index (κ1) is 14.8. The van der Waals surface area contributed by atoms with Gasteiger partial charge in [0.05, 0.1) is 11.5 Å². The summed E-state index contributed by atoms with van der Waals surface area (Å²) in [4.78, 5) is 39.5. The van der Waals surface area contributed by atoms with E-state index in [0.717, 1.165) is 6.42 Å². The van der Waals surface area contributed by atoms with Gasteiger partial charge in [-0.25, -0.2) is 4.79 Å². The summed E-state index contributed by atoms with van der Waals surface area (Å²) in [5, 5.41) is 0. The van der Waals surface area contributed by atoms with Crippen LogP contribution in [0.5, 0.6) is 0 Å². The lowest BCUT2D eigenvalue weighted by Crippen LogP contribution is -2.75. The van der Waals surface area contributed by atoms with Crippen LogP contribution in [0, 0.1) is 28.1 Å². The lowest BCUT2D eigenvalue weighted by atomic mass is 9.38. The van der Waals surface area contributed by atoms with Crippen molar-refractivity contribution in [1.82, 2.24) is 0 Å². The third-order valence-corrected chi connectivity index (χ3v) is 7.74. The van der Waals surface area contributed by atoms with Gasteiger partial charge in [-0.3, -0.25) is 9.59 Å². The van der Waals surface area contributed by atoms with E-state index in [-0.39, 0.29) is 30.0 Å². The first-order chi connectivity index (χ1) is 11.2. The van der Waals surface area contributed by atoms with Crippen LogP contribution in [-0.2, 0) is 23.9 Å². The molecule has 0 unspecified atom stereocenters. The van der Waals surface area contributed by atoms with Gasteiger partial charge < -0.3 is 9.47 Å². The van der Waals surface area contributed by atoms with Crippen molar-refractivity contribution in [3.8, 4) is 0 Å². The molecule has 4 aliphatic carbocycles. The second-order valence-corrected chi connectivity index (χ2v) is 8.95. The lowest BCUT2D eigenvalue weighted by Gasteiger charge is -2.61. The highest BCUT2D eigenvalue weighted by atomic mass is 16.6. The van der Waals surface area contributed by atoms with E-state index in [0.29, 0.717) is 12.8 Å². The van der Waals surface area contributed by atoms with Crippen molar-refractivity contribution in [2.24, 2.45) is 28.1 Å². The SMILES string of the molecule is C[C@@H]1C(=O)[C@]23CC[C@H]1C[C@]21O[C@H]2C(C)(C)C=CC(=O)[C@@]23COC1=O. The van der Waals surface area contributed by atoms with Crippen molar-refractivity contribution in [1.29, 1.82) is 0 Å². The van der Waals surface area contributed by atoms with E-state index in [4.69, 9.17) is 9.47 Å². The molecule has 0 aromatic heterocycles. The Morgan fingerprint density at radius 2 is 1.96 bits per heavy atom. The summed E-state index contributed by atoms with van der Waals surface area (Å²) in [6, 6.07) is 0. The summed E-state index contributed by atoms with van der Waals surface area (Å²) >= 11 is 0. The van der Waals surface area contributed by atoms with Crippen LogP contribution < -0.4 is 0 Å². The predicted molar refractivity (Wildman–Crippen MR) is 82.9 cm³/mol. The van der Waals surface area contributed by atoms with Crippen LogP contribution in [0.15, 0.2) is 12.2 Å². The smallest absolute Gasteiger partial charge is 0.339 e. The van der Waals surface area contributed by atoms with E-state index < -0.39 is 33.9 Å². The first-order valence-electron chi connectivity index (χ1n) is 8.86. The summed E-state index contributed by atoms with van der Waals surface area (Å²) in [6.45, 7) is 5.92. The van der Waals surface area contributed by atoms with Gasteiger partial charge >= 0.3 is 5.97 Å². The van der Waals surface area contributed by atoms with E-state index in [9.17, 15) is 14.4 Å². The molecule has 5 heteroatoms. The Balaban J connectivity index is 1.87. The lowest BCUT2D eigenvalue weighted by molar-refractivity contribution is -0.222. The standard InChI is InChI=1S/C19H22O5/c1-10-11-4-7-18(13(10)21)17-9-23-15(22)19(18,8-11)24-14(17)16(2,3)6-5-12(17)20/h5-6,10-11,14H,4,7-9H2,1-3H3/t10-,11-,14-,17-,18-,19+/m0/s1. The maximum absolute atomic E-state index is 13.5. The summed E-state index contributed by atoms with van der Waals surface area (Å²) < 4.78 is 12.0. The molecule has 24 heavy (non-hydrogen) atoms. The Hall–Kier alpha value is -1.49. The number of hydrogen-bond acceptors (Lipinski definition) is 5. The van der Waals surface area contributed by atoms with Gasteiger partial charge in [0.25, 0.3) is 0 Å². The Labute approximate surface area is 140 Å². The molecule has 0 radical (unpaired) electrons. The average Bonchev–Trinajstić information content (AvgIpc) is 2.76. The van der Waals surface area contributed by atoms with E-state index >= 15 is 0 Å². The predicted octanol–water partition coefficient (Wildman–Crippen LogP) is 1.84. The molecule has 128 valence electrons. The van der Waals surface area contributed by atoms with Crippen LogP contribution >= 0.6 is 0 Å². The van der Waals surface area contributed by atoms with Gasteiger partial charge in [-0.05, 0) is 31.3 Å². The summed E-state index contributed by atoms with van der Waals surface area (Å²) in [7, 11) is 0. The van der Waals surface area contributed by atoms with Crippen molar-refractivity contribution >= 4 is 17.5 Å². The normalized spacial score (nSPS) is 53.6. The number of Topliss-reactive ketones (excluding diaryl/α,β-unsaturated/α-hetero) is 1. The number of allylic oxidation sites excluding steroid dienone is 1. The van der Waals surface area contributed by atoms with Crippen molar-refractivity contribution in [3.05, 3.63) is 12.2 Å². The molecule has 5 fully saturated rings. The number of carbonyl (C=O) groups excluding carboxylic acids is 3. The molecule has 0 N–H and O–H groups in total. The molecule has 5 nitrogen and oxygen atoms in total. The number of ether oxygens (including phenoxy) is 2. The van der Waals surface area contributed by atoms with Crippen molar-refractivity contribution in [2.45, 2.75) is 51.7 Å². The fourth-order valence-electron chi connectivity index (χ4n) is 6.60. The van der Waals surface area contributed by atoms with Crippen LogP contribution in [0.25, 0.3) is 0 Å². The molecule has 0 aromatic rings. The van der Waals surface area contributed by atoms with Gasteiger partial charge in [-0.1, -0.05) is 26.8 Å². The highest BCUT2D eigenvalue weighted by molar-refractivity contribution is 6.09. The molecule has 2 aliphatic heterocycles. The van der Waals surface area contributed by atoms with Crippen LogP contribution in [-0.4, -0.2) is 35.8 Å². The fraction of sp³-hybridized carbons (Fsp3) is 0.737. The fourth-order valence-corrected chi connectivity index (χ4v) is 6.60. The van der Waals surface area contributed by atoms with Crippen molar-refractivity contribution in [2.75, 3.05) is 6.61 Å². The largest absolute Gasteiger partial charge is 0.462 e. The van der Waals surface area contributed by atoms with E-state index in [1.807, 2.05) is 26.8 Å². The summed E-state index contributed by atoms with van der Waals surface area (Å²) in [6.07, 6.45) is 4.88. The molecule has 2 saturated heterocycles. The highest BCUT2D eigenvalue weighted by Crippen LogP contribution is 2.75. The minimum Gasteiger partial charge on any atom is -0.462 e. The maximum atomic E-state index is 13.5. The molecule has 0 aromatic carbocycles. The van der Waals surface area contributed by atoms with Gasteiger partial charge in [-0.15, -0.1) is 0 Å². The number of esters is 1. The number of fused-ring (bicyclic) bond motifs is 2. The Morgan fingerprint density at radius 1 is 1.21 bits per heavy atom. The zero-order valence-electron chi connectivity index (χ0n) is 14.3. The second kappa shape index (κ2) is 3.85. The molecule has 4 bridgehead atoms. The van der Waals surface area contributed by atoms with Crippen LogP contribution in [0.2, 0.25) is 0 Å². The quantitative estimate of drug-likeness (QED) is 0.634. The van der Waals surface area contributed by atoms with Gasteiger partial charge in [0.2, 0.25) is 0 Å². The second-order valence-electron chi connectivity index (χ2n) is 8.95. The van der Waals surface area contributed by atoms with Gasteiger partial charge in [0.1, 0.15) is 17.8 Å². The molecule has 2 heterocycles. The molecule has 2 spiro atoms. The average molecular weight is 330 g/mol. The van der Waals surface area contributed by atoms with Gasteiger partial charge in [0.15, 0.2) is 11.4 Å². The third kappa shape index (κ3) is 1.15. The van der Waals surface area contributed by atoms with E-state index in [1.54, 1.807) is 6.08 Å². The van der Waals surface area contributed by atoms with Gasteiger partial charge in [-0.2, -0.15) is 0 Å². The van der Waals surface area contributed by atoms with E-state index in [2.05, 4.69) is 0 Å². The zero-order chi connectivity index (χ0) is 17.1. The summed E-state index contributed by atoms with van der Waals surface area (Å²) in [5.41, 5.74) is -3.80. The van der Waals surface area contributed by atoms with Crippen LogP contribution in [0.4, 0.5) is 0 Å². The highest BCUT2D eigenvalue weighted by Gasteiger charge is 2.88. The minimum absolute atomic E-state index is 0.0338. The van der Waals surface area contributed by atoms with Crippen LogP contribution in [0.1, 0.15) is 40.0 Å². The topological polar surface area (TPSA) is 69.7 Å². The number of cyclic esters (lactones) is 1. The Kier molecular flexibility index (Phi) is 2.37. The molecular formula is C19H22O5. The summed E-state index contributed by atoms with van der Waals surface area (Å²) in [5.74, 6) is -0.492. The number of ketones is 2. The number of carbonyl (C=O) groups is 3. The minimum atomic E-state index is -1.26. The van der Waals surface area contributed by atoms with Crippen molar-refractivity contribution < 1.29 is 23.9 Å². The third-order valence-electron chi connectivity index (χ3n) is 7.74. The first-order valence-corrected chi connectivity index (χ1v) is 8.86. The molecule has 6 rings (SSSR count). The number of hydrogen-bond donors (Lipinski definition) is 0. The van der Waals surface area contributed by atoms with Gasteiger partial charge in [0, 0.05) is 11.3 Å². The van der Waals surface area contributed by atoms with E-state index in [1.165, 1.54) is 0 Å².